The highest BCUT2D eigenvalue weighted by molar-refractivity contribution is 6.31. The number of nitrogens with zero attached hydrogens (tertiary/aromatic N) is 1. The number of ether oxygens (including phenoxy) is 1. The molecule has 0 aliphatic carbocycles. The van der Waals surface area contributed by atoms with Crippen LogP contribution in [0.5, 0.6) is 0 Å². The monoisotopic (exact) mass is 317 g/mol. The zero-order chi connectivity index (χ0) is 15.9. The molecule has 1 atom stereocenters. The fourth-order valence-corrected chi connectivity index (χ4v) is 2.30. The number of aryl methyl sites for hydroxylation is 1. The maximum absolute atomic E-state index is 6.18. The zero-order valence-electron chi connectivity index (χ0n) is 12.7. The molecule has 0 spiro atoms. The fourth-order valence-electron chi connectivity index (χ4n) is 2.04. The fraction of sp³-hybridized carbons (Fsp3) is 0.235. The lowest BCUT2D eigenvalue weighted by atomic mass is 10.1. The normalized spacial score (nSPS) is 13.0. The van der Waals surface area contributed by atoms with Gasteiger partial charge in [0.15, 0.2) is 5.96 Å². The summed E-state index contributed by atoms with van der Waals surface area (Å²) in [7, 11) is 1.63. The molecule has 2 aromatic rings. The molecular formula is C17H20ClN3O. The lowest BCUT2D eigenvalue weighted by molar-refractivity contribution is 0.111. The van der Waals surface area contributed by atoms with Crippen molar-refractivity contribution in [1.82, 2.24) is 0 Å². The minimum atomic E-state index is -0.230. The summed E-state index contributed by atoms with van der Waals surface area (Å²) in [4.78, 5) is 4.33. The second kappa shape index (κ2) is 7.82. The van der Waals surface area contributed by atoms with Gasteiger partial charge in [-0.1, -0.05) is 47.5 Å². The van der Waals surface area contributed by atoms with Crippen LogP contribution in [0, 0.1) is 6.92 Å². The molecule has 5 heteroatoms. The zero-order valence-corrected chi connectivity index (χ0v) is 13.5. The minimum Gasteiger partial charge on any atom is -0.375 e. The first-order chi connectivity index (χ1) is 10.6. The van der Waals surface area contributed by atoms with E-state index in [2.05, 4.69) is 10.3 Å². The van der Waals surface area contributed by atoms with Gasteiger partial charge in [-0.05, 0) is 25.1 Å². The van der Waals surface area contributed by atoms with Crippen molar-refractivity contribution in [2.75, 3.05) is 19.0 Å². The predicted molar refractivity (Wildman–Crippen MR) is 92.5 cm³/mol. The van der Waals surface area contributed by atoms with Crippen LogP contribution in [0.1, 0.15) is 17.2 Å². The molecule has 22 heavy (non-hydrogen) atoms. The number of hydrogen-bond donors (Lipinski definition) is 2. The Morgan fingerprint density at radius 3 is 2.55 bits per heavy atom. The molecule has 0 saturated heterocycles. The van der Waals surface area contributed by atoms with Gasteiger partial charge in [0, 0.05) is 23.4 Å². The molecule has 0 saturated carbocycles. The third-order valence-corrected chi connectivity index (χ3v) is 3.63. The van der Waals surface area contributed by atoms with Gasteiger partial charge in [0.05, 0.1) is 6.54 Å². The van der Waals surface area contributed by atoms with Crippen LogP contribution in [0.25, 0.3) is 0 Å². The molecule has 0 bridgehead atoms. The molecule has 0 heterocycles. The standard InChI is InChI=1S/C17H20ClN3O/c1-12-7-9-13(10-8-12)21-17(19)20-11-16(22-2)14-5-3-4-6-15(14)18/h3-10,16H,11H2,1-2H3,(H3,19,20,21). The van der Waals surface area contributed by atoms with E-state index in [0.29, 0.717) is 17.5 Å². The molecule has 0 radical (unpaired) electrons. The molecule has 2 aromatic carbocycles. The molecule has 0 amide bonds. The van der Waals surface area contributed by atoms with Gasteiger partial charge in [-0.25, -0.2) is 0 Å². The van der Waals surface area contributed by atoms with E-state index in [0.717, 1.165) is 11.3 Å². The Bertz CT molecular complexity index is 641. The van der Waals surface area contributed by atoms with Crippen LogP contribution >= 0.6 is 11.6 Å². The first-order valence-electron chi connectivity index (χ1n) is 7.01. The Balaban J connectivity index is 2.02. The molecule has 0 aliphatic rings. The molecule has 116 valence electrons. The summed E-state index contributed by atoms with van der Waals surface area (Å²) < 4.78 is 5.46. The van der Waals surface area contributed by atoms with Crippen LogP contribution in [0.2, 0.25) is 5.02 Å². The van der Waals surface area contributed by atoms with Crippen LogP contribution in [-0.4, -0.2) is 19.6 Å². The minimum absolute atomic E-state index is 0.230. The second-order valence-electron chi connectivity index (χ2n) is 4.96. The Morgan fingerprint density at radius 1 is 1.23 bits per heavy atom. The van der Waals surface area contributed by atoms with Gasteiger partial charge in [-0.15, -0.1) is 0 Å². The summed E-state index contributed by atoms with van der Waals surface area (Å²) in [6, 6.07) is 15.5. The van der Waals surface area contributed by atoms with E-state index in [1.54, 1.807) is 7.11 Å². The Kier molecular flexibility index (Phi) is 5.81. The smallest absolute Gasteiger partial charge is 0.193 e. The second-order valence-corrected chi connectivity index (χ2v) is 5.37. The molecule has 0 fully saturated rings. The first kappa shape index (κ1) is 16.3. The van der Waals surface area contributed by atoms with Crippen LogP contribution in [0.4, 0.5) is 5.69 Å². The number of aliphatic imine (C=N–C) groups is 1. The number of anilines is 1. The highest BCUT2D eigenvalue weighted by Gasteiger charge is 2.13. The number of halogens is 1. The van der Waals surface area contributed by atoms with Gasteiger partial charge >= 0.3 is 0 Å². The molecular weight excluding hydrogens is 298 g/mol. The van der Waals surface area contributed by atoms with Crippen LogP contribution < -0.4 is 11.1 Å². The van der Waals surface area contributed by atoms with Gasteiger partial charge in [0.1, 0.15) is 6.10 Å². The summed E-state index contributed by atoms with van der Waals surface area (Å²) in [5, 5.41) is 3.72. The van der Waals surface area contributed by atoms with Crippen LogP contribution in [0.3, 0.4) is 0 Å². The quantitative estimate of drug-likeness (QED) is 0.652. The molecule has 1 unspecified atom stereocenters. The van der Waals surface area contributed by atoms with E-state index in [1.807, 2.05) is 55.5 Å². The third-order valence-electron chi connectivity index (χ3n) is 3.29. The van der Waals surface area contributed by atoms with Gasteiger partial charge in [-0.2, -0.15) is 0 Å². The number of benzene rings is 2. The Labute approximate surface area is 136 Å². The lowest BCUT2D eigenvalue weighted by Gasteiger charge is -2.15. The van der Waals surface area contributed by atoms with E-state index in [1.165, 1.54) is 5.56 Å². The number of hydrogen-bond acceptors (Lipinski definition) is 2. The number of nitrogens with two attached hydrogens (primary N) is 1. The first-order valence-corrected chi connectivity index (χ1v) is 7.39. The molecule has 2 rings (SSSR count). The molecule has 0 aliphatic heterocycles. The Morgan fingerprint density at radius 2 is 1.91 bits per heavy atom. The summed E-state index contributed by atoms with van der Waals surface area (Å²) >= 11 is 6.18. The summed E-state index contributed by atoms with van der Waals surface area (Å²) in [6.07, 6.45) is -0.230. The number of nitrogens with one attached hydrogen (secondary N) is 1. The summed E-state index contributed by atoms with van der Waals surface area (Å²) in [5.41, 5.74) is 8.91. The van der Waals surface area contributed by atoms with Crippen molar-refractivity contribution >= 4 is 23.2 Å². The SMILES string of the molecule is COC(CN=C(N)Nc1ccc(C)cc1)c1ccccc1Cl. The number of rotatable bonds is 5. The summed E-state index contributed by atoms with van der Waals surface area (Å²) in [5.74, 6) is 0.345. The average Bonchev–Trinajstić information content (AvgIpc) is 2.52. The van der Waals surface area contributed by atoms with E-state index >= 15 is 0 Å². The van der Waals surface area contributed by atoms with E-state index in [-0.39, 0.29) is 6.10 Å². The highest BCUT2D eigenvalue weighted by atomic mass is 35.5. The highest BCUT2D eigenvalue weighted by Crippen LogP contribution is 2.25. The van der Waals surface area contributed by atoms with Gasteiger partial charge in [-0.3, -0.25) is 4.99 Å². The van der Waals surface area contributed by atoms with Gasteiger partial charge in [0.2, 0.25) is 0 Å². The number of guanidine groups is 1. The molecule has 4 nitrogen and oxygen atoms in total. The van der Waals surface area contributed by atoms with E-state index < -0.39 is 0 Å². The van der Waals surface area contributed by atoms with Gasteiger partial charge in [0.25, 0.3) is 0 Å². The number of methoxy groups -OCH3 is 1. The van der Waals surface area contributed by atoms with E-state index in [4.69, 9.17) is 22.1 Å². The van der Waals surface area contributed by atoms with E-state index in [9.17, 15) is 0 Å². The van der Waals surface area contributed by atoms with Crippen molar-refractivity contribution in [2.45, 2.75) is 13.0 Å². The largest absolute Gasteiger partial charge is 0.375 e. The van der Waals surface area contributed by atoms with Crippen LogP contribution in [0.15, 0.2) is 53.5 Å². The van der Waals surface area contributed by atoms with Crippen molar-refractivity contribution in [2.24, 2.45) is 10.7 Å². The maximum atomic E-state index is 6.18. The van der Waals surface area contributed by atoms with Crippen molar-refractivity contribution in [3.05, 3.63) is 64.7 Å². The van der Waals surface area contributed by atoms with Crippen LogP contribution in [-0.2, 0) is 4.74 Å². The molecule has 3 N–H and O–H groups in total. The van der Waals surface area contributed by atoms with Crippen molar-refractivity contribution in [3.63, 3.8) is 0 Å². The van der Waals surface area contributed by atoms with Crippen molar-refractivity contribution in [3.8, 4) is 0 Å². The molecule has 0 aromatic heterocycles. The third kappa shape index (κ3) is 4.48. The lowest BCUT2D eigenvalue weighted by Crippen LogP contribution is -2.23. The Hall–Kier alpha value is -2.04. The predicted octanol–water partition coefficient (Wildman–Crippen LogP) is 3.76. The topological polar surface area (TPSA) is 59.6 Å². The van der Waals surface area contributed by atoms with Crippen molar-refractivity contribution < 1.29 is 4.74 Å². The average molecular weight is 318 g/mol. The van der Waals surface area contributed by atoms with Gasteiger partial charge < -0.3 is 15.8 Å². The maximum Gasteiger partial charge on any atom is 0.193 e. The summed E-state index contributed by atoms with van der Waals surface area (Å²) in [6.45, 7) is 2.43. The van der Waals surface area contributed by atoms with Crippen molar-refractivity contribution in [1.29, 1.82) is 0 Å².